The summed E-state index contributed by atoms with van der Waals surface area (Å²) in [4.78, 5) is 14.0. The van der Waals surface area contributed by atoms with Crippen LogP contribution in [0.4, 0.5) is 0 Å². The fraction of sp³-hybridized carbons (Fsp3) is 0.278. The molecule has 2 heterocycles. The van der Waals surface area contributed by atoms with Gasteiger partial charge in [0.25, 0.3) is 0 Å². The summed E-state index contributed by atoms with van der Waals surface area (Å²) in [6.07, 6.45) is 3.28. The standard InChI is InChI=1S/C18H20N4O2S/c1-13-6-7-16(14(2)9-13)22-12-19-20-18(22)25-11-17(23)21(3)10-15-5-4-8-24-15/h4-9,12H,10-11H2,1-3H3. The Bertz CT molecular complexity index is 858. The molecule has 1 aromatic carbocycles. The second-order valence-electron chi connectivity index (χ2n) is 5.89. The number of benzene rings is 1. The summed E-state index contributed by atoms with van der Waals surface area (Å²) in [6, 6.07) is 9.89. The number of furan rings is 1. The third-order valence-electron chi connectivity index (χ3n) is 3.85. The normalized spacial score (nSPS) is 10.8. The van der Waals surface area contributed by atoms with Gasteiger partial charge < -0.3 is 9.32 Å². The largest absolute Gasteiger partial charge is 0.467 e. The first-order valence-corrected chi connectivity index (χ1v) is 8.90. The van der Waals surface area contributed by atoms with Crippen LogP contribution in [0.5, 0.6) is 0 Å². The number of aryl methyl sites for hydroxylation is 2. The summed E-state index contributed by atoms with van der Waals surface area (Å²) in [5.41, 5.74) is 3.37. The maximum Gasteiger partial charge on any atom is 0.233 e. The highest BCUT2D eigenvalue weighted by Gasteiger charge is 2.15. The van der Waals surface area contributed by atoms with Crippen LogP contribution in [0.3, 0.4) is 0 Å². The average Bonchev–Trinajstić information content (AvgIpc) is 3.24. The third-order valence-corrected chi connectivity index (χ3v) is 4.78. The molecule has 3 rings (SSSR count). The van der Waals surface area contributed by atoms with Gasteiger partial charge in [0.1, 0.15) is 12.1 Å². The van der Waals surface area contributed by atoms with E-state index in [1.54, 1.807) is 24.5 Å². The molecule has 25 heavy (non-hydrogen) atoms. The summed E-state index contributed by atoms with van der Waals surface area (Å²) >= 11 is 1.38. The number of amides is 1. The van der Waals surface area contributed by atoms with Crippen molar-refractivity contribution < 1.29 is 9.21 Å². The first kappa shape index (κ1) is 17.3. The van der Waals surface area contributed by atoms with Crippen LogP contribution in [0.25, 0.3) is 5.69 Å². The van der Waals surface area contributed by atoms with E-state index >= 15 is 0 Å². The minimum absolute atomic E-state index is 0.0107. The average molecular weight is 356 g/mol. The fourth-order valence-corrected chi connectivity index (χ4v) is 3.39. The molecule has 3 aromatic rings. The zero-order valence-corrected chi connectivity index (χ0v) is 15.3. The van der Waals surface area contributed by atoms with Gasteiger partial charge >= 0.3 is 0 Å². The lowest BCUT2D eigenvalue weighted by molar-refractivity contribution is -0.127. The van der Waals surface area contributed by atoms with E-state index in [4.69, 9.17) is 4.42 Å². The van der Waals surface area contributed by atoms with E-state index < -0.39 is 0 Å². The van der Waals surface area contributed by atoms with Crippen LogP contribution in [0.15, 0.2) is 52.5 Å². The molecule has 0 bridgehead atoms. The van der Waals surface area contributed by atoms with Gasteiger partial charge in [-0.2, -0.15) is 0 Å². The van der Waals surface area contributed by atoms with Crippen molar-refractivity contribution in [1.82, 2.24) is 19.7 Å². The summed E-state index contributed by atoms with van der Waals surface area (Å²) in [6.45, 7) is 4.57. The molecule has 0 aliphatic rings. The van der Waals surface area contributed by atoms with Crippen LogP contribution in [-0.2, 0) is 11.3 Å². The lowest BCUT2D eigenvalue weighted by Crippen LogP contribution is -2.27. The number of nitrogens with zero attached hydrogens (tertiary/aromatic N) is 4. The van der Waals surface area contributed by atoms with E-state index in [1.165, 1.54) is 17.3 Å². The Morgan fingerprint density at radius 3 is 2.88 bits per heavy atom. The molecule has 130 valence electrons. The van der Waals surface area contributed by atoms with Crippen LogP contribution < -0.4 is 0 Å². The van der Waals surface area contributed by atoms with E-state index in [1.807, 2.05) is 22.8 Å². The number of thioether (sulfide) groups is 1. The molecule has 0 radical (unpaired) electrons. The smallest absolute Gasteiger partial charge is 0.233 e. The molecule has 6 nitrogen and oxygen atoms in total. The molecule has 0 spiro atoms. The summed E-state index contributed by atoms with van der Waals surface area (Å²) in [7, 11) is 1.76. The van der Waals surface area contributed by atoms with E-state index in [-0.39, 0.29) is 5.91 Å². The Kier molecular flexibility index (Phi) is 5.23. The number of aromatic nitrogens is 3. The zero-order valence-electron chi connectivity index (χ0n) is 14.5. The Morgan fingerprint density at radius 1 is 1.32 bits per heavy atom. The van der Waals surface area contributed by atoms with Crippen LogP contribution in [-0.4, -0.2) is 38.4 Å². The van der Waals surface area contributed by atoms with E-state index in [0.29, 0.717) is 17.5 Å². The molecule has 0 saturated heterocycles. The van der Waals surface area contributed by atoms with Gasteiger partial charge in [-0.1, -0.05) is 29.5 Å². The number of hydrogen-bond acceptors (Lipinski definition) is 5. The van der Waals surface area contributed by atoms with Gasteiger partial charge in [-0.05, 0) is 37.6 Å². The predicted molar refractivity (Wildman–Crippen MR) is 96.7 cm³/mol. The molecule has 0 saturated carbocycles. The maximum atomic E-state index is 12.3. The van der Waals surface area contributed by atoms with Gasteiger partial charge in [0.15, 0.2) is 5.16 Å². The van der Waals surface area contributed by atoms with Crippen LogP contribution >= 0.6 is 11.8 Å². The Labute approximate surface area is 150 Å². The molecule has 7 heteroatoms. The number of carbonyl (C=O) groups is 1. The summed E-state index contributed by atoms with van der Waals surface area (Å²) in [5, 5.41) is 8.85. The molecule has 0 atom stereocenters. The van der Waals surface area contributed by atoms with Crippen molar-refractivity contribution in [3.05, 3.63) is 59.8 Å². The highest BCUT2D eigenvalue weighted by Crippen LogP contribution is 2.23. The van der Waals surface area contributed by atoms with Gasteiger partial charge in [-0.25, -0.2) is 0 Å². The molecular formula is C18H20N4O2S. The van der Waals surface area contributed by atoms with Gasteiger partial charge in [-0.15, -0.1) is 10.2 Å². The summed E-state index contributed by atoms with van der Waals surface area (Å²) in [5.74, 6) is 1.07. The predicted octanol–water partition coefficient (Wildman–Crippen LogP) is 3.23. The van der Waals surface area contributed by atoms with Crippen molar-refractivity contribution in [3.63, 3.8) is 0 Å². The summed E-state index contributed by atoms with van der Waals surface area (Å²) < 4.78 is 7.19. The van der Waals surface area contributed by atoms with Crippen molar-refractivity contribution in [2.45, 2.75) is 25.5 Å². The molecule has 0 N–H and O–H groups in total. The number of rotatable bonds is 6. The Hall–Kier alpha value is -2.54. The van der Waals surface area contributed by atoms with Crippen molar-refractivity contribution in [3.8, 4) is 5.69 Å². The number of carbonyl (C=O) groups excluding carboxylic acids is 1. The lowest BCUT2D eigenvalue weighted by Gasteiger charge is -2.15. The van der Waals surface area contributed by atoms with E-state index in [0.717, 1.165) is 17.0 Å². The van der Waals surface area contributed by atoms with Gasteiger partial charge in [0, 0.05) is 7.05 Å². The van der Waals surface area contributed by atoms with Crippen molar-refractivity contribution in [2.24, 2.45) is 0 Å². The molecule has 2 aromatic heterocycles. The minimum atomic E-state index is 0.0107. The van der Waals surface area contributed by atoms with Crippen LogP contribution in [0.1, 0.15) is 16.9 Å². The van der Waals surface area contributed by atoms with Crippen LogP contribution in [0.2, 0.25) is 0 Å². The molecule has 0 unspecified atom stereocenters. The van der Waals surface area contributed by atoms with Crippen molar-refractivity contribution in [2.75, 3.05) is 12.8 Å². The van der Waals surface area contributed by atoms with Crippen molar-refractivity contribution in [1.29, 1.82) is 0 Å². The SMILES string of the molecule is Cc1ccc(-n2cnnc2SCC(=O)N(C)Cc2ccco2)c(C)c1. The van der Waals surface area contributed by atoms with Gasteiger partial charge in [0.05, 0.1) is 24.2 Å². The number of hydrogen-bond donors (Lipinski definition) is 0. The lowest BCUT2D eigenvalue weighted by atomic mass is 10.1. The minimum Gasteiger partial charge on any atom is -0.467 e. The van der Waals surface area contributed by atoms with E-state index in [2.05, 4.69) is 36.2 Å². The quantitative estimate of drug-likeness (QED) is 0.635. The van der Waals surface area contributed by atoms with E-state index in [9.17, 15) is 4.79 Å². The highest BCUT2D eigenvalue weighted by molar-refractivity contribution is 7.99. The highest BCUT2D eigenvalue weighted by atomic mass is 32.2. The Balaban J connectivity index is 1.66. The second kappa shape index (κ2) is 7.57. The first-order valence-electron chi connectivity index (χ1n) is 7.91. The monoisotopic (exact) mass is 356 g/mol. The maximum absolute atomic E-state index is 12.3. The fourth-order valence-electron chi connectivity index (χ4n) is 2.52. The van der Waals surface area contributed by atoms with Crippen molar-refractivity contribution >= 4 is 17.7 Å². The third kappa shape index (κ3) is 4.11. The van der Waals surface area contributed by atoms with Gasteiger partial charge in [0.2, 0.25) is 5.91 Å². The molecule has 0 aliphatic heterocycles. The molecule has 0 fully saturated rings. The molecular weight excluding hydrogens is 336 g/mol. The Morgan fingerprint density at radius 2 is 2.16 bits per heavy atom. The zero-order chi connectivity index (χ0) is 17.8. The van der Waals surface area contributed by atoms with Gasteiger partial charge in [-0.3, -0.25) is 9.36 Å². The van der Waals surface area contributed by atoms with Crippen LogP contribution in [0, 0.1) is 13.8 Å². The second-order valence-corrected chi connectivity index (χ2v) is 6.83. The first-order chi connectivity index (χ1) is 12.0. The molecule has 0 aliphatic carbocycles. The molecule has 1 amide bonds. The topological polar surface area (TPSA) is 64.2 Å².